The number of esters is 1. The van der Waals surface area contributed by atoms with Gasteiger partial charge in [0.05, 0.1) is 6.10 Å². The number of ether oxygens (including phenoxy) is 2. The highest BCUT2D eigenvalue weighted by atomic mass is 16.5. The van der Waals surface area contributed by atoms with Crippen molar-refractivity contribution >= 4 is 5.97 Å². The van der Waals surface area contributed by atoms with Gasteiger partial charge in [0.25, 0.3) is 0 Å². The zero-order chi connectivity index (χ0) is 15.5. The first-order chi connectivity index (χ1) is 10.1. The van der Waals surface area contributed by atoms with Crippen molar-refractivity contribution in [1.82, 2.24) is 0 Å². The van der Waals surface area contributed by atoms with Gasteiger partial charge in [-0.15, -0.1) is 0 Å². The summed E-state index contributed by atoms with van der Waals surface area (Å²) in [5.41, 5.74) is 0. The molecule has 0 aliphatic carbocycles. The Morgan fingerprint density at radius 1 is 1.19 bits per heavy atom. The van der Waals surface area contributed by atoms with Gasteiger partial charge in [-0.1, -0.05) is 31.0 Å². The number of phenolic OH excluding ortho intramolecular Hbond substituents is 1. The van der Waals surface area contributed by atoms with E-state index in [1.165, 1.54) is 0 Å². The van der Waals surface area contributed by atoms with Gasteiger partial charge in [0.15, 0.2) is 0 Å². The highest BCUT2D eigenvalue weighted by molar-refractivity contribution is 5.69. The molecule has 1 saturated heterocycles. The van der Waals surface area contributed by atoms with E-state index in [1.807, 2.05) is 13.0 Å². The van der Waals surface area contributed by atoms with Crippen molar-refractivity contribution in [3.05, 3.63) is 30.3 Å². The van der Waals surface area contributed by atoms with Crippen molar-refractivity contribution in [2.24, 2.45) is 0 Å². The first kappa shape index (κ1) is 17.5. The number of aromatic hydroxyl groups is 1. The number of rotatable bonds is 1. The minimum Gasteiger partial charge on any atom is -0.508 e. The normalized spacial score (nSPS) is 23.4. The van der Waals surface area contributed by atoms with E-state index in [0.29, 0.717) is 12.2 Å². The summed E-state index contributed by atoms with van der Waals surface area (Å²) >= 11 is 0. The molecular formula is C17H26O4. The molecule has 2 unspecified atom stereocenters. The van der Waals surface area contributed by atoms with Gasteiger partial charge in [0.2, 0.25) is 0 Å². The number of benzene rings is 1. The molecule has 1 aromatic rings. The smallest absolute Gasteiger partial charge is 0.306 e. The molecule has 0 radical (unpaired) electrons. The highest BCUT2D eigenvalue weighted by Gasteiger charge is 2.17. The number of phenols is 1. The molecule has 1 aromatic carbocycles. The fourth-order valence-electron chi connectivity index (χ4n) is 2.28. The molecule has 0 amide bonds. The average Bonchev–Trinajstić information content (AvgIpc) is 2.47. The van der Waals surface area contributed by atoms with E-state index in [-0.39, 0.29) is 18.2 Å². The summed E-state index contributed by atoms with van der Waals surface area (Å²) in [6.07, 6.45) is 5.91. The van der Waals surface area contributed by atoms with Crippen LogP contribution in [0.1, 0.15) is 45.4 Å². The molecule has 21 heavy (non-hydrogen) atoms. The molecule has 1 heterocycles. The van der Waals surface area contributed by atoms with Crippen molar-refractivity contribution in [1.29, 1.82) is 0 Å². The fourth-order valence-corrected chi connectivity index (χ4v) is 2.28. The van der Waals surface area contributed by atoms with Crippen molar-refractivity contribution in [3.63, 3.8) is 0 Å². The molecule has 2 rings (SSSR count). The maximum atomic E-state index is 11.2. The van der Waals surface area contributed by atoms with Crippen LogP contribution in [0.4, 0.5) is 0 Å². The SMILES string of the molecule is COC1CCCCCC(=O)OC(C)C1.Oc1ccccc1. The standard InChI is InChI=1S/C11H20O3.C6H6O/c1-9-8-10(13-2)6-4-3-5-7-11(12)14-9;7-6-4-2-1-3-5-6/h9-10H,3-8H2,1-2H3;1-5,7H. The lowest BCUT2D eigenvalue weighted by Crippen LogP contribution is -2.23. The molecule has 1 aliphatic rings. The average molecular weight is 294 g/mol. The quantitative estimate of drug-likeness (QED) is 0.803. The molecular weight excluding hydrogens is 268 g/mol. The third-order valence-corrected chi connectivity index (χ3v) is 3.42. The molecule has 0 aromatic heterocycles. The van der Waals surface area contributed by atoms with E-state index >= 15 is 0 Å². The Balaban J connectivity index is 0.000000262. The summed E-state index contributed by atoms with van der Waals surface area (Å²) in [5.74, 6) is 0.261. The third-order valence-electron chi connectivity index (χ3n) is 3.42. The van der Waals surface area contributed by atoms with E-state index in [4.69, 9.17) is 14.6 Å². The zero-order valence-electron chi connectivity index (χ0n) is 13.0. The minimum absolute atomic E-state index is 0.00875. The van der Waals surface area contributed by atoms with Crippen LogP contribution in [0.25, 0.3) is 0 Å². The Kier molecular flexibility index (Phi) is 8.51. The van der Waals surface area contributed by atoms with Gasteiger partial charge in [-0.2, -0.15) is 0 Å². The maximum absolute atomic E-state index is 11.2. The van der Waals surface area contributed by atoms with E-state index in [9.17, 15) is 4.79 Å². The highest BCUT2D eigenvalue weighted by Crippen LogP contribution is 2.16. The summed E-state index contributed by atoms with van der Waals surface area (Å²) in [6.45, 7) is 1.94. The van der Waals surface area contributed by atoms with Crippen molar-refractivity contribution in [2.75, 3.05) is 7.11 Å². The molecule has 1 fully saturated rings. The van der Waals surface area contributed by atoms with Crippen LogP contribution in [0.3, 0.4) is 0 Å². The molecule has 118 valence electrons. The van der Waals surface area contributed by atoms with E-state index < -0.39 is 0 Å². The van der Waals surface area contributed by atoms with Gasteiger partial charge < -0.3 is 14.6 Å². The molecule has 0 bridgehead atoms. The van der Waals surface area contributed by atoms with Gasteiger partial charge in [-0.25, -0.2) is 0 Å². The Bertz CT molecular complexity index is 391. The Morgan fingerprint density at radius 2 is 1.90 bits per heavy atom. The second-order valence-corrected chi connectivity index (χ2v) is 5.33. The second kappa shape index (κ2) is 10.2. The number of cyclic esters (lactones) is 1. The van der Waals surface area contributed by atoms with Gasteiger partial charge in [0, 0.05) is 20.0 Å². The van der Waals surface area contributed by atoms with Crippen molar-refractivity contribution in [2.45, 2.75) is 57.7 Å². The van der Waals surface area contributed by atoms with E-state index in [2.05, 4.69) is 0 Å². The number of para-hydroxylation sites is 1. The summed E-state index contributed by atoms with van der Waals surface area (Å²) in [6, 6.07) is 8.71. The van der Waals surface area contributed by atoms with E-state index in [1.54, 1.807) is 31.4 Å². The van der Waals surface area contributed by atoms with Crippen LogP contribution in [-0.2, 0) is 14.3 Å². The zero-order valence-corrected chi connectivity index (χ0v) is 13.0. The molecule has 0 spiro atoms. The third kappa shape index (κ3) is 8.35. The summed E-state index contributed by atoms with van der Waals surface area (Å²) in [7, 11) is 1.73. The lowest BCUT2D eigenvalue weighted by atomic mass is 10.0. The number of methoxy groups -OCH3 is 1. The summed E-state index contributed by atoms with van der Waals surface area (Å²) in [5, 5.41) is 8.63. The van der Waals surface area contributed by atoms with Crippen LogP contribution in [0.2, 0.25) is 0 Å². The van der Waals surface area contributed by atoms with Crippen LogP contribution in [0, 0.1) is 0 Å². The van der Waals surface area contributed by atoms with Crippen LogP contribution in [0.15, 0.2) is 30.3 Å². The molecule has 4 heteroatoms. The van der Waals surface area contributed by atoms with Gasteiger partial charge in [-0.05, 0) is 31.9 Å². The van der Waals surface area contributed by atoms with Crippen LogP contribution >= 0.6 is 0 Å². The van der Waals surface area contributed by atoms with E-state index in [0.717, 1.165) is 32.1 Å². The lowest BCUT2D eigenvalue weighted by Gasteiger charge is -2.21. The molecule has 2 atom stereocenters. The van der Waals surface area contributed by atoms with Crippen LogP contribution < -0.4 is 0 Å². The first-order valence-corrected chi connectivity index (χ1v) is 7.58. The summed E-state index contributed by atoms with van der Waals surface area (Å²) in [4.78, 5) is 11.2. The molecule has 4 nitrogen and oxygen atoms in total. The molecule has 0 saturated carbocycles. The van der Waals surface area contributed by atoms with Crippen LogP contribution in [0.5, 0.6) is 5.75 Å². The van der Waals surface area contributed by atoms with Gasteiger partial charge in [0.1, 0.15) is 11.9 Å². The summed E-state index contributed by atoms with van der Waals surface area (Å²) < 4.78 is 10.6. The number of carbonyl (C=O) groups is 1. The minimum atomic E-state index is -0.0609. The Labute approximate surface area is 127 Å². The lowest BCUT2D eigenvalue weighted by molar-refractivity contribution is -0.150. The van der Waals surface area contributed by atoms with Crippen molar-refractivity contribution < 1.29 is 19.4 Å². The largest absolute Gasteiger partial charge is 0.508 e. The Morgan fingerprint density at radius 3 is 2.48 bits per heavy atom. The number of hydrogen-bond acceptors (Lipinski definition) is 4. The predicted octanol–water partition coefficient (Wildman–Crippen LogP) is 3.68. The van der Waals surface area contributed by atoms with Crippen LogP contribution in [-0.4, -0.2) is 30.4 Å². The fraction of sp³-hybridized carbons (Fsp3) is 0.588. The molecule has 1 aliphatic heterocycles. The van der Waals surface area contributed by atoms with Gasteiger partial charge in [-0.3, -0.25) is 4.79 Å². The molecule has 1 N–H and O–H groups in total. The number of carbonyl (C=O) groups excluding carboxylic acids is 1. The predicted molar refractivity (Wildman–Crippen MR) is 82.2 cm³/mol. The maximum Gasteiger partial charge on any atom is 0.306 e. The second-order valence-electron chi connectivity index (χ2n) is 5.33. The number of hydrogen-bond donors (Lipinski definition) is 1. The van der Waals surface area contributed by atoms with Crippen molar-refractivity contribution in [3.8, 4) is 5.75 Å². The monoisotopic (exact) mass is 294 g/mol. The van der Waals surface area contributed by atoms with Gasteiger partial charge >= 0.3 is 5.97 Å². The first-order valence-electron chi connectivity index (χ1n) is 7.58. The Hall–Kier alpha value is -1.55. The topological polar surface area (TPSA) is 55.8 Å².